The van der Waals surface area contributed by atoms with E-state index < -0.39 is 23.5 Å². The fraction of sp³-hybridized carbons (Fsp3) is 0.200. The van der Waals surface area contributed by atoms with E-state index in [1.165, 1.54) is 12.3 Å². The molecule has 3 N–H and O–H groups in total. The Morgan fingerprint density at radius 2 is 1.61 bits per heavy atom. The van der Waals surface area contributed by atoms with E-state index in [1.807, 2.05) is 36.4 Å². The van der Waals surface area contributed by atoms with Crippen LogP contribution in [0.15, 0.2) is 66.9 Å². The fourth-order valence-corrected chi connectivity index (χ4v) is 4.23. The molecular weight excluding hydrogens is 422 g/mol. The minimum atomic E-state index is -1.25. The van der Waals surface area contributed by atoms with Gasteiger partial charge in [-0.2, -0.15) is 0 Å². The van der Waals surface area contributed by atoms with Crippen LogP contribution >= 0.6 is 0 Å². The topological polar surface area (TPSA) is 118 Å². The largest absolute Gasteiger partial charge is 0.480 e. The molecule has 166 valence electrons. The van der Waals surface area contributed by atoms with Crippen molar-refractivity contribution in [2.45, 2.75) is 24.3 Å². The third-order valence-electron chi connectivity index (χ3n) is 6.12. The summed E-state index contributed by atoms with van der Waals surface area (Å²) in [6.07, 6.45) is 1.39. The average molecular weight is 443 g/mol. The molecule has 0 saturated heterocycles. The Hall–Kier alpha value is -4.20. The summed E-state index contributed by atoms with van der Waals surface area (Å²) < 4.78 is 5.53. The van der Waals surface area contributed by atoms with Crippen molar-refractivity contribution in [3.8, 4) is 11.1 Å². The molecule has 2 aliphatic carbocycles. The van der Waals surface area contributed by atoms with Crippen LogP contribution in [0.5, 0.6) is 0 Å². The Balaban J connectivity index is 1.28. The summed E-state index contributed by atoms with van der Waals surface area (Å²) in [5, 5.41) is 14.4. The zero-order valence-corrected chi connectivity index (χ0v) is 17.6. The fourth-order valence-electron chi connectivity index (χ4n) is 4.23. The molecule has 0 bridgehead atoms. The number of carbonyl (C=O) groups excluding carboxylic acids is 2. The van der Waals surface area contributed by atoms with Crippen LogP contribution in [0, 0.1) is 0 Å². The van der Waals surface area contributed by atoms with Crippen molar-refractivity contribution in [3.05, 3.63) is 83.7 Å². The van der Waals surface area contributed by atoms with Gasteiger partial charge in [0.05, 0.1) is 5.69 Å². The number of carbonyl (C=O) groups is 3. The van der Waals surface area contributed by atoms with Gasteiger partial charge in [0.2, 0.25) is 0 Å². The molecule has 8 nitrogen and oxygen atoms in total. The number of nitrogens with one attached hydrogen (secondary N) is 2. The summed E-state index contributed by atoms with van der Waals surface area (Å²) >= 11 is 0. The van der Waals surface area contributed by atoms with E-state index in [-0.39, 0.29) is 23.9 Å². The lowest BCUT2D eigenvalue weighted by molar-refractivity contribution is -0.140. The Bertz CT molecular complexity index is 1220. The first-order valence-electron chi connectivity index (χ1n) is 10.6. The molecule has 1 saturated carbocycles. The number of pyridine rings is 1. The lowest BCUT2D eigenvalue weighted by atomic mass is 9.98. The number of carboxylic acids is 1. The monoisotopic (exact) mass is 443 g/mol. The Kier molecular flexibility index (Phi) is 5.05. The van der Waals surface area contributed by atoms with Gasteiger partial charge >= 0.3 is 12.1 Å². The molecule has 0 radical (unpaired) electrons. The zero-order chi connectivity index (χ0) is 23.0. The van der Waals surface area contributed by atoms with Crippen LogP contribution in [0.1, 0.15) is 40.4 Å². The number of aliphatic carboxylic acids is 1. The van der Waals surface area contributed by atoms with Crippen LogP contribution < -0.4 is 10.6 Å². The van der Waals surface area contributed by atoms with Gasteiger partial charge in [-0.3, -0.25) is 10.1 Å². The van der Waals surface area contributed by atoms with Gasteiger partial charge in [0.15, 0.2) is 5.69 Å². The summed E-state index contributed by atoms with van der Waals surface area (Å²) in [5.41, 5.74) is 3.26. The highest BCUT2D eigenvalue weighted by Crippen LogP contribution is 2.44. The number of benzene rings is 2. The van der Waals surface area contributed by atoms with E-state index >= 15 is 0 Å². The third kappa shape index (κ3) is 3.80. The Morgan fingerprint density at radius 3 is 2.21 bits per heavy atom. The Labute approximate surface area is 189 Å². The van der Waals surface area contributed by atoms with Crippen molar-refractivity contribution in [1.29, 1.82) is 0 Å². The lowest BCUT2D eigenvalue weighted by Crippen LogP contribution is -2.43. The quantitative estimate of drug-likeness (QED) is 0.534. The molecule has 2 amide bonds. The number of hydrogen-bond acceptors (Lipinski definition) is 5. The molecule has 5 rings (SSSR count). The first kappa shape index (κ1) is 20.7. The standard InChI is InChI=1S/C25H21N3O5/c29-22(28-25(11-12-25)23(30)31)21-20(10-5-13-26-21)27-24(32)33-14-19-17-8-3-1-6-15(17)16-7-2-4-9-18(16)19/h1-10,13,19H,11-12,14H2,(H,27,32)(H,28,29)(H,30,31). The first-order chi connectivity index (χ1) is 16.0. The molecule has 1 fully saturated rings. The van der Waals surface area contributed by atoms with Gasteiger partial charge in [-0.1, -0.05) is 48.5 Å². The van der Waals surface area contributed by atoms with Crippen LogP contribution in [0.4, 0.5) is 10.5 Å². The second kappa shape index (κ2) is 8.05. The van der Waals surface area contributed by atoms with Crippen LogP contribution in [0.3, 0.4) is 0 Å². The van der Waals surface area contributed by atoms with Crippen molar-refractivity contribution in [3.63, 3.8) is 0 Å². The maximum absolute atomic E-state index is 12.6. The zero-order valence-electron chi connectivity index (χ0n) is 17.6. The van der Waals surface area contributed by atoms with Gasteiger partial charge in [0.25, 0.3) is 5.91 Å². The lowest BCUT2D eigenvalue weighted by Gasteiger charge is -2.16. The summed E-state index contributed by atoms with van der Waals surface area (Å²) in [6, 6.07) is 19.1. The molecule has 2 aliphatic rings. The number of hydrogen-bond donors (Lipinski definition) is 3. The highest BCUT2D eigenvalue weighted by atomic mass is 16.5. The number of aromatic nitrogens is 1. The molecule has 0 aliphatic heterocycles. The van der Waals surface area contributed by atoms with Crippen LogP contribution in [0.25, 0.3) is 11.1 Å². The molecule has 1 heterocycles. The Morgan fingerprint density at radius 1 is 0.970 bits per heavy atom. The molecule has 1 aromatic heterocycles. The minimum Gasteiger partial charge on any atom is -0.480 e. The van der Waals surface area contributed by atoms with E-state index in [0.717, 1.165) is 22.3 Å². The number of rotatable bonds is 6. The second-order valence-corrected chi connectivity index (χ2v) is 8.19. The predicted octanol–water partition coefficient (Wildman–Crippen LogP) is 3.79. The number of ether oxygens (including phenoxy) is 1. The van der Waals surface area contributed by atoms with Gasteiger partial charge in [-0.25, -0.2) is 14.6 Å². The molecule has 0 spiro atoms. The highest BCUT2D eigenvalue weighted by molar-refractivity contribution is 6.03. The smallest absolute Gasteiger partial charge is 0.411 e. The molecule has 0 unspecified atom stereocenters. The van der Waals surface area contributed by atoms with Crippen molar-refractivity contribution < 1.29 is 24.2 Å². The van der Waals surface area contributed by atoms with Gasteiger partial charge in [-0.15, -0.1) is 0 Å². The number of amides is 2. The van der Waals surface area contributed by atoms with E-state index in [9.17, 15) is 19.5 Å². The van der Waals surface area contributed by atoms with E-state index in [2.05, 4.69) is 27.8 Å². The van der Waals surface area contributed by atoms with Crippen molar-refractivity contribution >= 4 is 23.7 Å². The minimum absolute atomic E-state index is 0.0708. The maximum atomic E-state index is 12.6. The van der Waals surface area contributed by atoms with E-state index in [0.29, 0.717) is 12.8 Å². The van der Waals surface area contributed by atoms with E-state index in [4.69, 9.17) is 4.74 Å². The number of carboxylic acid groups (broad SMARTS) is 1. The van der Waals surface area contributed by atoms with Gasteiger partial charge in [0.1, 0.15) is 12.1 Å². The molecule has 0 atom stereocenters. The van der Waals surface area contributed by atoms with Crippen LogP contribution in [-0.2, 0) is 9.53 Å². The summed E-state index contributed by atoms with van der Waals surface area (Å²) in [5.74, 6) is -1.84. The highest BCUT2D eigenvalue weighted by Gasteiger charge is 2.52. The van der Waals surface area contributed by atoms with Gasteiger partial charge in [0, 0.05) is 12.1 Å². The molecular formula is C25H21N3O5. The molecule has 2 aromatic carbocycles. The van der Waals surface area contributed by atoms with E-state index in [1.54, 1.807) is 6.07 Å². The van der Waals surface area contributed by atoms with Crippen LogP contribution in [0.2, 0.25) is 0 Å². The summed E-state index contributed by atoms with van der Waals surface area (Å²) in [7, 11) is 0. The SMILES string of the molecule is O=C(Nc1cccnc1C(=O)NC1(C(=O)O)CC1)OCC1c2ccccc2-c2ccccc21. The van der Waals surface area contributed by atoms with Crippen molar-refractivity contribution in [2.75, 3.05) is 11.9 Å². The number of fused-ring (bicyclic) bond motifs is 3. The third-order valence-corrected chi connectivity index (χ3v) is 6.12. The normalized spacial score (nSPS) is 15.2. The van der Waals surface area contributed by atoms with Crippen molar-refractivity contribution in [1.82, 2.24) is 10.3 Å². The van der Waals surface area contributed by atoms with Crippen LogP contribution in [-0.4, -0.2) is 40.2 Å². The second-order valence-electron chi connectivity index (χ2n) is 8.19. The first-order valence-corrected chi connectivity index (χ1v) is 10.6. The maximum Gasteiger partial charge on any atom is 0.411 e. The molecule has 8 heteroatoms. The predicted molar refractivity (Wildman–Crippen MR) is 120 cm³/mol. The van der Waals surface area contributed by atoms with Crippen molar-refractivity contribution in [2.24, 2.45) is 0 Å². The number of nitrogens with zero attached hydrogens (tertiary/aromatic N) is 1. The van der Waals surface area contributed by atoms with Gasteiger partial charge < -0.3 is 15.2 Å². The number of anilines is 1. The van der Waals surface area contributed by atoms with Gasteiger partial charge in [-0.05, 0) is 47.2 Å². The average Bonchev–Trinajstić information content (AvgIpc) is 3.54. The molecule has 33 heavy (non-hydrogen) atoms. The summed E-state index contributed by atoms with van der Waals surface area (Å²) in [6.45, 7) is 0.129. The molecule has 3 aromatic rings. The summed E-state index contributed by atoms with van der Waals surface area (Å²) in [4.78, 5) is 40.6.